The van der Waals surface area contributed by atoms with Gasteiger partial charge < -0.3 is 10.1 Å². The SMILES string of the molecule is CNCc1ccc(Oc2cccc(SC)c2C#N)cc1. The van der Waals surface area contributed by atoms with E-state index in [-0.39, 0.29) is 0 Å². The summed E-state index contributed by atoms with van der Waals surface area (Å²) >= 11 is 1.54. The first-order chi connectivity index (χ1) is 9.78. The largest absolute Gasteiger partial charge is 0.456 e. The number of nitriles is 1. The average molecular weight is 284 g/mol. The van der Waals surface area contributed by atoms with Crippen molar-refractivity contribution in [2.24, 2.45) is 0 Å². The van der Waals surface area contributed by atoms with Gasteiger partial charge in [-0.25, -0.2) is 0 Å². The number of ether oxygens (including phenoxy) is 1. The molecule has 4 heteroatoms. The lowest BCUT2D eigenvalue weighted by Crippen LogP contribution is -2.04. The lowest BCUT2D eigenvalue weighted by Gasteiger charge is -2.10. The van der Waals surface area contributed by atoms with E-state index in [9.17, 15) is 5.26 Å². The van der Waals surface area contributed by atoms with Crippen LogP contribution in [0.1, 0.15) is 11.1 Å². The maximum Gasteiger partial charge on any atom is 0.146 e. The third-order valence-corrected chi connectivity index (χ3v) is 3.63. The molecule has 1 N–H and O–H groups in total. The molecule has 0 aliphatic heterocycles. The fraction of sp³-hybridized carbons (Fsp3) is 0.188. The topological polar surface area (TPSA) is 45.0 Å². The summed E-state index contributed by atoms with van der Waals surface area (Å²) in [5.74, 6) is 1.33. The lowest BCUT2D eigenvalue weighted by molar-refractivity contribution is 0.479. The summed E-state index contributed by atoms with van der Waals surface area (Å²) in [6, 6.07) is 15.7. The molecule has 0 amide bonds. The van der Waals surface area contributed by atoms with Gasteiger partial charge in [0.1, 0.15) is 23.1 Å². The zero-order valence-corrected chi connectivity index (χ0v) is 12.3. The van der Waals surface area contributed by atoms with E-state index in [1.807, 2.05) is 55.8 Å². The van der Waals surface area contributed by atoms with Crippen molar-refractivity contribution in [3.05, 3.63) is 53.6 Å². The van der Waals surface area contributed by atoms with Crippen molar-refractivity contribution in [3.8, 4) is 17.6 Å². The Bertz CT molecular complexity index is 617. The fourth-order valence-corrected chi connectivity index (χ4v) is 2.45. The van der Waals surface area contributed by atoms with Crippen LogP contribution in [0.15, 0.2) is 47.4 Å². The van der Waals surface area contributed by atoms with E-state index in [1.54, 1.807) is 11.8 Å². The van der Waals surface area contributed by atoms with Crippen LogP contribution in [-0.4, -0.2) is 13.3 Å². The van der Waals surface area contributed by atoms with Gasteiger partial charge in [-0.15, -0.1) is 11.8 Å². The second-order valence-corrected chi connectivity index (χ2v) is 5.07. The third-order valence-electron chi connectivity index (χ3n) is 2.85. The number of benzene rings is 2. The van der Waals surface area contributed by atoms with Crippen LogP contribution < -0.4 is 10.1 Å². The highest BCUT2D eigenvalue weighted by Crippen LogP contribution is 2.31. The van der Waals surface area contributed by atoms with Crippen LogP contribution >= 0.6 is 11.8 Å². The van der Waals surface area contributed by atoms with E-state index < -0.39 is 0 Å². The number of hydrogen-bond donors (Lipinski definition) is 1. The van der Waals surface area contributed by atoms with Gasteiger partial charge >= 0.3 is 0 Å². The molecule has 0 spiro atoms. The van der Waals surface area contributed by atoms with Crippen molar-refractivity contribution in [1.29, 1.82) is 5.26 Å². The molecular formula is C16H16N2OS. The Kier molecular flexibility index (Phi) is 5.05. The minimum absolute atomic E-state index is 0.583. The fourth-order valence-electron chi connectivity index (χ4n) is 1.88. The van der Waals surface area contributed by atoms with Crippen LogP contribution in [0.2, 0.25) is 0 Å². The number of nitrogens with one attached hydrogen (secondary N) is 1. The van der Waals surface area contributed by atoms with Gasteiger partial charge in [0.05, 0.1) is 0 Å². The first kappa shape index (κ1) is 14.4. The number of hydrogen-bond acceptors (Lipinski definition) is 4. The quantitative estimate of drug-likeness (QED) is 0.848. The lowest BCUT2D eigenvalue weighted by atomic mass is 10.2. The Hall–Kier alpha value is -1.96. The van der Waals surface area contributed by atoms with Crippen molar-refractivity contribution in [2.75, 3.05) is 13.3 Å². The molecular weight excluding hydrogens is 268 g/mol. The van der Waals surface area contributed by atoms with Gasteiger partial charge in [-0.3, -0.25) is 0 Å². The molecule has 0 saturated carbocycles. The number of rotatable bonds is 5. The van der Waals surface area contributed by atoms with E-state index in [1.165, 1.54) is 5.56 Å². The first-order valence-electron chi connectivity index (χ1n) is 6.27. The molecule has 20 heavy (non-hydrogen) atoms. The van der Waals surface area contributed by atoms with Gasteiger partial charge in [-0.2, -0.15) is 5.26 Å². The average Bonchev–Trinajstić information content (AvgIpc) is 2.49. The molecule has 3 nitrogen and oxygen atoms in total. The highest BCUT2D eigenvalue weighted by molar-refractivity contribution is 7.98. The smallest absolute Gasteiger partial charge is 0.146 e. The predicted octanol–water partition coefficient (Wildman–Crippen LogP) is 3.79. The molecule has 2 aromatic carbocycles. The Morgan fingerprint density at radius 2 is 1.95 bits per heavy atom. The zero-order chi connectivity index (χ0) is 14.4. The minimum atomic E-state index is 0.583. The minimum Gasteiger partial charge on any atom is -0.456 e. The van der Waals surface area contributed by atoms with E-state index in [0.717, 1.165) is 17.2 Å². The van der Waals surface area contributed by atoms with Crippen LogP contribution in [0.5, 0.6) is 11.5 Å². The standard InChI is InChI=1S/C16H16N2OS/c1-18-11-12-6-8-13(9-7-12)19-15-4-3-5-16(20-2)14(15)10-17/h3-9,18H,11H2,1-2H3. The van der Waals surface area contributed by atoms with Crippen molar-refractivity contribution >= 4 is 11.8 Å². The van der Waals surface area contributed by atoms with Crippen LogP contribution in [0, 0.1) is 11.3 Å². The molecule has 102 valence electrons. The van der Waals surface area contributed by atoms with Gasteiger partial charge in [0.2, 0.25) is 0 Å². The molecule has 0 heterocycles. The van der Waals surface area contributed by atoms with Gasteiger partial charge in [-0.1, -0.05) is 18.2 Å². The van der Waals surface area contributed by atoms with Crippen LogP contribution in [0.4, 0.5) is 0 Å². The normalized spacial score (nSPS) is 10.1. The summed E-state index contributed by atoms with van der Waals surface area (Å²) in [5, 5.41) is 12.4. The molecule has 0 saturated heterocycles. The van der Waals surface area contributed by atoms with Crippen molar-refractivity contribution in [3.63, 3.8) is 0 Å². The van der Waals surface area contributed by atoms with Gasteiger partial charge in [0.25, 0.3) is 0 Å². The zero-order valence-electron chi connectivity index (χ0n) is 11.5. The molecule has 0 aliphatic carbocycles. The van der Waals surface area contributed by atoms with E-state index >= 15 is 0 Å². The van der Waals surface area contributed by atoms with Crippen molar-refractivity contribution in [2.45, 2.75) is 11.4 Å². The Morgan fingerprint density at radius 1 is 1.20 bits per heavy atom. The van der Waals surface area contributed by atoms with E-state index in [0.29, 0.717) is 11.3 Å². The maximum absolute atomic E-state index is 9.27. The van der Waals surface area contributed by atoms with Gasteiger partial charge in [0, 0.05) is 11.4 Å². The van der Waals surface area contributed by atoms with Gasteiger partial charge in [-0.05, 0) is 43.1 Å². The first-order valence-corrected chi connectivity index (χ1v) is 7.49. The second-order valence-electron chi connectivity index (χ2n) is 4.22. The number of thioether (sulfide) groups is 1. The molecule has 0 bridgehead atoms. The van der Waals surface area contributed by atoms with E-state index in [2.05, 4.69) is 11.4 Å². The summed E-state index contributed by atoms with van der Waals surface area (Å²) in [4.78, 5) is 0.928. The molecule has 0 radical (unpaired) electrons. The maximum atomic E-state index is 9.27. The second kappa shape index (κ2) is 6.99. The Labute approximate surface area is 123 Å². The molecule has 0 fully saturated rings. The summed E-state index contributed by atoms with van der Waals surface area (Å²) in [6.45, 7) is 0.825. The third kappa shape index (κ3) is 3.32. The molecule has 0 atom stereocenters. The van der Waals surface area contributed by atoms with Crippen molar-refractivity contribution in [1.82, 2.24) is 5.32 Å². The number of nitrogens with zero attached hydrogens (tertiary/aromatic N) is 1. The monoisotopic (exact) mass is 284 g/mol. The molecule has 2 aromatic rings. The summed E-state index contributed by atoms with van der Waals surface area (Å²) in [6.07, 6.45) is 1.95. The van der Waals surface area contributed by atoms with Crippen LogP contribution in [0.3, 0.4) is 0 Å². The molecule has 0 unspecified atom stereocenters. The predicted molar refractivity (Wildman–Crippen MR) is 82.2 cm³/mol. The highest BCUT2D eigenvalue weighted by Gasteiger charge is 2.09. The molecule has 0 aliphatic rings. The van der Waals surface area contributed by atoms with E-state index in [4.69, 9.17) is 4.74 Å². The van der Waals surface area contributed by atoms with Crippen LogP contribution in [0.25, 0.3) is 0 Å². The van der Waals surface area contributed by atoms with Crippen LogP contribution in [-0.2, 0) is 6.54 Å². The Balaban J connectivity index is 2.24. The summed E-state index contributed by atoms with van der Waals surface area (Å²) in [7, 11) is 1.91. The summed E-state index contributed by atoms with van der Waals surface area (Å²) < 4.78 is 5.82. The Morgan fingerprint density at radius 3 is 2.55 bits per heavy atom. The summed E-state index contributed by atoms with van der Waals surface area (Å²) in [5.41, 5.74) is 1.78. The van der Waals surface area contributed by atoms with Gasteiger partial charge in [0.15, 0.2) is 0 Å². The molecule has 2 rings (SSSR count). The highest BCUT2D eigenvalue weighted by atomic mass is 32.2. The molecule has 0 aromatic heterocycles. The van der Waals surface area contributed by atoms with Crippen molar-refractivity contribution < 1.29 is 4.74 Å².